The zero-order valence-electron chi connectivity index (χ0n) is 29.8. The molecule has 0 N–H and O–H groups in total. The van der Waals surface area contributed by atoms with E-state index in [0.717, 1.165) is 83.1 Å². The van der Waals surface area contributed by atoms with Crippen molar-refractivity contribution in [1.82, 2.24) is 24.9 Å². The van der Waals surface area contributed by atoms with Gasteiger partial charge in [-0.1, -0.05) is 140 Å². The predicted molar refractivity (Wildman–Crippen MR) is 223 cm³/mol. The zero-order valence-corrected chi connectivity index (χ0v) is 29.8. The molecule has 0 atom stereocenters. The molecule has 0 fully saturated rings. The summed E-state index contributed by atoms with van der Waals surface area (Å²) in [6.45, 7) is 0. The van der Waals surface area contributed by atoms with Crippen LogP contribution in [0.2, 0.25) is 0 Å². The number of para-hydroxylation sites is 2. The molecule has 0 aliphatic carbocycles. The monoisotopic (exact) mass is 719 g/mol. The molecule has 0 unspecified atom stereocenters. The van der Waals surface area contributed by atoms with E-state index in [9.17, 15) is 0 Å². The Hall–Kier alpha value is -7.77. The van der Waals surface area contributed by atoms with E-state index < -0.39 is 0 Å². The molecule has 0 aliphatic heterocycles. The van der Waals surface area contributed by atoms with Crippen LogP contribution < -0.4 is 0 Å². The van der Waals surface area contributed by atoms with Crippen LogP contribution in [0.3, 0.4) is 0 Å². The van der Waals surface area contributed by atoms with Crippen LogP contribution in [0.25, 0.3) is 112 Å². The molecule has 0 aliphatic rings. The van der Waals surface area contributed by atoms with Crippen LogP contribution in [-0.4, -0.2) is 24.9 Å². The van der Waals surface area contributed by atoms with E-state index in [1.54, 1.807) is 0 Å². The van der Waals surface area contributed by atoms with Crippen molar-refractivity contribution in [2.24, 2.45) is 0 Å². The molecule has 7 heteroatoms. The van der Waals surface area contributed by atoms with E-state index in [4.69, 9.17) is 33.8 Å². The first-order chi connectivity index (χ1) is 27.7. The van der Waals surface area contributed by atoms with Crippen LogP contribution in [0.5, 0.6) is 0 Å². The van der Waals surface area contributed by atoms with Gasteiger partial charge in [0.1, 0.15) is 28.0 Å². The Balaban J connectivity index is 1.04. The van der Waals surface area contributed by atoms with Crippen molar-refractivity contribution in [3.8, 4) is 67.9 Å². The number of furan rings is 2. The van der Waals surface area contributed by atoms with E-state index >= 15 is 0 Å². The quantitative estimate of drug-likeness (QED) is 0.169. The van der Waals surface area contributed by atoms with Gasteiger partial charge in [0.2, 0.25) is 0 Å². The second-order valence-electron chi connectivity index (χ2n) is 13.7. The molecule has 4 heterocycles. The molecule has 0 bridgehead atoms. The van der Waals surface area contributed by atoms with Crippen molar-refractivity contribution < 1.29 is 8.83 Å². The van der Waals surface area contributed by atoms with E-state index in [2.05, 4.69) is 48.5 Å². The molecule has 7 aromatic carbocycles. The Morgan fingerprint density at radius 1 is 0.304 bits per heavy atom. The van der Waals surface area contributed by atoms with Crippen molar-refractivity contribution >= 4 is 44.0 Å². The minimum absolute atomic E-state index is 0.592. The van der Waals surface area contributed by atoms with Gasteiger partial charge < -0.3 is 8.83 Å². The molecular weight excluding hydrogens is 691 g/mol. The summed E-state index contributed by atoms with van der Waals surface area (Å²) in [7, 11) is 0. The Morgan fingerprint density at radius 2 is 0.821 bits per heavy atom. The molecule has 0 radical (unpaired) electrons. The number of benzene rings is 7. The summed E-state index contributed by atoms with van der Waals surface area (Å²) < 4.78 is 13.1. The third-order valence-electron chi connectivity index (χ3n) is 10.2. The lowest BCUT2D eigenvalue weighted by Gasteiger charge is -2.09. The van der Waals surface area contributed by atoms with Crippen molar-refractivity contribution in [3.63, 3.8) is 0 Å². The Kier molecular flexibility index (Phi) is 7.35. The van der Waals surface area contributed by atoms with Gasteiger partial charge in [-0.15, -0.1) is 0 Å². The highest BCUT2D eigenvalue weighted by molar-refractivity contribution is 6.11. The van der Waals surface area contributed by atoms with Crippen LogP contribution in [-0.2, 0) is 0 Å². The molecule has 56 heavy (non-hydrogen) atoms. The normalized spacial score (nSPS) is 11.6. The number of aromatic nitrogens is 5. The molecule has 0 saturated carbocycles. The largest absolute Gasteiger partial charge is 0.455 e. The number of hydrogen-bond acceptors (Lipinski definition) is 7. The van der Waals surface area contributed by atoms with Crippen LogP contribution in [0, 0.1) is 0 Å². The summed E-state index contributed by atoms with van der Waals surface area (Å²) in [5.74, 6) is 2.47. The van der Waals surface area contributed by atoms with Crippen molar-refractivity contribution in [2.45, 2.75) is 0 Å². The lowest BCUT2D eigenvalue weighted by atomic mass is 9.99. The highest BCUT2D eigenvalue weighted by atomic mass is 16.3. The number of nitrogens with zero attached hydrogens (tertiary/aromatic N) is 5. The van der Waals surface area contributed by atoms with Gasteiger partial charge in [0, 0.05) is 49.5 Å². The van der Waals surface area contributed by atoms with Crippen LogP contribution in [0.15, 0.2) is 185 Å². The van der Waals surface area contributed by atoms with Crippen LogP contribution >= 0.6 is 0 Å². The van der Waals surface area contributed by atoms with Crippen molar-refractivity contribution in [2.75, 3.05) is 0 Å². The standard InChI is InChI=1S/C49H29N5O2/c1-4-14-30(15-5-1)46-50-42(45-43(51-46)38-22-10-11-25-40(38)56-45)34-21-12-20-33(28-34)36-23-13-24-37-39-29-35(26-27-41(39)55-44(36)37)49-53-47(31-16-6-2-7-17-31)52-48(54-49)32-18-8-3-9-19-32/h1-29H. The first-order valence-corrected chi connectivity index (χ1v) is 18.4. The van der Waals surface area contributed by atoms with E-state index in [1.807, 2.05) is 127 Å². The molecule has 11 aromatic rings. The zero-order chi connectivity index (χ0) is 37.0. The van der Waals surface area contributed by atoms with Gasteiger partial charge in [0.05, 0.1) is 0 Å². The summed E-state index contributed by atoms with van der Waals surface area (Å²) in [4.78, 5) is 24.9. The van der Waals surface area contributed by atoms with Crippen LogP contribution in [0.4, 0.5) is 0 Å². The van der Waals surface area contributed by atoms with E-state index in [0.29, 0.717) is 28.9 Å². The number of hydrogen-bond donors (Lipinski definition) is 0. The fourth-order valence-electron chi connectivity index (χ4n) is 7.44. The average Bonchev–Trinajstić information content (AvgIpc) is 3.85. The summed E-state index contributed by atoms with van der Waals surface area (Å²) >= 11 is 0. The van der Waals surface area contributed by atoms with Crippen molar-refractivity contribution in [1.29, 1.82) is 0 Å². The summed E-state index contributed by atoms with van der Waals surface area (Å²) in [5.41, 5.74) is 11.1. The highest BCUT2D eigenvalue weighted by Gasteiger charge is 2.20. The van der Waals surface area contributed by atoms with Gasteiger partial charge in [-0.2, -0.15) is 0 Å². The van der Waals surface area contributed by atoms with Crippen LogP contribution in [0.1, 0.15) is 0 Å². The van der Waals surface area contributed by atoms with Gasteiger partial charge in [0.15, 0.2) is 28.9 Å². The van der Waals surface area contributed by atoms with Gasteiger partial charge in [0.25, 0.3) is 0 Å². The Bertz CT molecular complexity index is 3190. The SMILES string of the molecule is c1ccc(-c2nc(-c3ccccc3)nc(-c3ccc4oc5c(-c6cccc(-c7nc(-c8ccccc8)nc8c7oc7ccccc78)c6)cccc5c4c3)n2)cc1. The Morgan fingerprint density at radius 3 is 1.52 bits per heavy atom. The molecular formula is C49H29N5O2. The topological polar surface area (TPSA) is 90.7 Å². The maximum Gasteiger partial charge on any atom is 0.180 e. The molecule has 0 saturated heterocycles. The molecule has 7 nitrogen and oxygen atoms in total. The first kappa shape index (κ1) is 31.7. The van der Waals surface area contributed by atoms with Gasteiger partial charge in [-0.05, 0) is 42.0 Å². The van der Waals surface area contributed by atoms with Gasteiger partial charge in [-0.25, -0.2) is 24.9 Å². The third-order valence-corrected chi connectivity index (χ3v) is 10.2. The fourth-order valence-corrected chi connectivity index (χ4v) is 7.44. The predicted octanol–water partition coefficient (Wildman–Crippen LogP) is 12.5. The maximum atomic E-state index is 6.65. The van der Waals surface area contributed by atoms with Gasteiger partial charge in [-0.3, -0.25) is 0 Å². The second-order valence-corrected chi connectivity index (χ2v) is 13.7. The minimum atomic E-state index is 0.592. The number of fused-ring (bicyclic) bond motifs is 6. The molecule has 11 rings (SSSR count). The van der Waals surface area contributed by atoms with E-state index in [1.165, 1.54) is 0 Å². The summed E-state index contributed by atoms with van der Waals surface area (Å²) in [6.07, 6.45) is 0. The molecule has 4 aromatic heterocycles. The smallest absolute Gasteiger partial charge is 0.180 e. The lowest BCUT2D eigenvalue weighted by molar-refractivity contribution is 0.667. The molecule has 262 valence electrons. The maximum absolute atomic E-state index is 6.65. The highest BCUT2D eigenvalue weighted by Crippen LogP contribution is 2.40. The van der Waals surface area contributed by atoms with E-state index in [-0.39, 0.29) is 0 Å². The summed E-state index contributed by atoms with van der Waals surface area (Å²) in [5, 5.41) is 2.93. The van der Waals surface area contributed by atoms with Gasteiger partial charge >= 0.3 is 0 Å². The molecule has 0 amide bonds. The second kappa shape index (κ2) is 13.0. The fraction of sp³-hybridized carbons (Fsp3) is 0. The lowest BCUT2D eigenvalue weighted by Crippen LogP contribution is -2.00. The Labute approximate surface area is 320 Å². The molecule has 0 spiro atoms. The van der Waals surface area contributed by atoms with Crippen molar-refractivity contribution in [3.05, 3.63) is 176 Å². The first-order valence-electron chi connectivity index (χ1n) is 18.4. The number of rotatable bonds is 6. The minimum Gasteiger partial charge on any atom is -0.455 e. The third kappa shape index (κ3) is 5.41. The summed E-state index contributed by atoms with van der Waals surface area (Å²) in [6, 6.07) is 58.9. The average molecular weight is 720 g/mol.